The van der Waals surface area contributed by atoms with E-state index in [0.29, 0.717) is 36.7 Å². The number of carbonyl (C=O) groups is 1. The van der Waals surface area contributed by atoms with Gasteiger partial charge in [-0.2, -0.15) is 0 Å². The van der Waals surface area contributed by atoms with Gasteiger partial charge in [0.25, 0.3) is 0 Å². The van der Waals surface area contributed by atoms with Crippen LogP contribution in [0.15, 0.2) is 0 Å². The van der Waals surface area contributed by atoms with Crippen molar-refractivity contribution in [3.63, 3.8) is 0 Å². The van der Waals surface area contributed by atoms with E-state index in [1.165, 1.54) is 0 Å². The Balaban J connectivity index is 1.75. The third-order valence-electron chi connectivity index (χ3n) is 5.50. The number of ether oxygens (including phenoxy) is 2. The maximum absolute atomic E-state index is 12.1. The molecule has 2 rings (SSSR count). The van der Waals surface area contributed by atoms with Crippen LogP contribution in [0, 0.1) is 41.4 Å². The minimum absolute atomic E-state index is 0.152. The summed E-state index contributed by atoms with van der Waals surface area (Å²) in [5.41, 5.74) is 0. The van der Waals surface area contributed by atoms with E-state index in [0.717, 1.165) is 32.1 Å². The lowest BCUT2D eigenvalue weighted by molar-refractivity contribution is -0.0122. The molecule has 0 aromatic rings. The third-order valence-corrected chi connectivity index (χ3v) is 5.50. The Kier molecular flexibility index (Phi) is 7.62. The first-order chi connectivity index (χ1) is 11.9. The fraction of sp³-hybridized carbons (Fsp3) is 0.857. The Morgan fingerprint density at radius 3 is 2.20 bits per heavy atom. The van der Waals surface area contributed by atoms with Crippen LogP contribution in [-0.4, -0.2) is 30.1 Å². The van der Waals surface area contributed by atoms with Crippen LogP contribution in [0.3, 0.4) is 0 Å². The standard InChI is InChI=1S/C21H34O4/c1-14(2)11-16(12-20(22)15(3)4)25-21(23)24-13-19-17-9-7-5-6-8-10-18(17)19/h14-20,22H,7-13H2,1-4H3/t16?,17-,18+,19?,20?. The minimum atomic E-state index is -0.586. The summed E-state index contributed by atoms with van der Waals surface area (Å²) in [4.78, 5) is 12.1. The quantitative estimate of drug-likeness (QED) is 0.521. The molecule has 0 heterocycles. The number of fused-ring (bicyclic) bond motifs is 1. The fourth-order valence-corrected chi connectivity index (χ4v) is 3.88. The lowest BCUT2D eigenvalue weighted by Gasteiger charge is -2.23. The van der Waals surface area contributed by atoms with Crippen molar-refractivity contribution in [2.45, 2.75) is 78.4 Å². The molecule has 2 aliphatic rings. The summed E-state index contributed by atoms with van der Waals surface area (Å²) in [7, 11) is 0. The molecule has 0 saturated heterocycles. The number of aliphatic hydroxyl groups is 1. The molecule has 0 radical (unpaired) electrons. The van der Waals surface area contributed by atoms with E-state index in [2.05, 4.69) is 25.7 Å². The molecule has 1 fully saturated rings. The van der Waals surface area contributed by atoms with Gasteiger partial charge in [0.1, 0.15) is 6.10 Å². The number of carbonyl (C=O) groups excluding carboxylic acids is 1. The molecule has 2 aliphatic carbocycles. The Morgan fingerprint density at radius 2 is 1.68 bits per heavy atom. The molecule has 0 aromatic heterocycles. The van der Waals surface area contributed by atoms with Gasteiger partial charge < -0.3 is 14.6 Å². The molecular formula is C21H34O4. The number of hydrogen-bond donors (Lipinski definition) is 1. The second-order valence-electron chi connectivity index (χ2n) is 8.40. The smallest absolute Gasteiger partial charge is 0.434 e. The summed E-state index contributed by atoms with van der Waals surface area (Å²) in [5.74, 6) is 8.74. The first-order valence-corrected chi connectivity index (χ1v) is 9.85. The van der Waals surface area contributed by atoms with Crippen molar-refractivity contribution in [1.82, 2.24) is 0 Å². The van der Waals surface area contributed by atoms with Crippen LogP contribution in [0.2, 0.25) is 0 Å². The van der Waals surface area contributed by atoms with Gasteiger partial charge in [0.15, 0.2) is 0 Å². The molecule has 3 unspecified atom stereocenters. The van der Waals surface area contributed by atoms with Gasteiger partial charge in [-0.15, -0.1) is 11.8 Å². The van der Waals surface area contributed by atoms with Crippen molar-refractivity contribution < 1.29 is 19.4 Å². The molecule has 1 saturated carbocycles. The second-order valence-corrected chi connectivity index (χ2v) is 8.40. The van der Waals surface area contributed by atoms with Crippen LogP contribution in [0.4, 0.5) is 4.79 Å². The molecule has 0 amide bonds. The molecule has 5 atom stereocenters. The predicted molar refractivity (Wildman–Crippen MR) is 97.9 cm³/mol. The van der Waals surface area contributed by atoms with Crippen LogP contribution >= 0.6 is 0 Å². The highest BCUT2D eigenvalue weighted by molar-refractivity contribution is 5.60. The second kappa shape index (κ2) is 9.48. The Labute approximate surface area is 152 Å². The summed E-state index contributed by atoms with van der Waals surface area (Å²) in [6, 6.07) is 0. The van der Waals surface area contributed by atoms with Crippen LogP contribution < -0.4 is 0 Å². The normalized spacial score (nSPS) is 27.4. The van der Waals surface area contributed by atoms with Crippen molar-refractivity contribution >= 4 is 6.16 Å². The zero-order chi connectivity index (χ0) is 18.4. The van der Waals surface area contributed by atoms with Crippen molar-refractivity contribution in [3.05, 3.63) is 0 Å². The third kappa shape index (κ3) is 6.55. The SMILES string of the molecule is CC(C)CC(CC(O)C(C)C)OC(=O)OCC1[C@H]2CCC#CCC[C@@H]12. The molecule has 25 heavy (non-hydrogen) atoms. The van der Waals surface area contributed by atoms with Crippen molar-refractivity contribution in [3.8, 4) is 11.8 Å². The van der Waals surface area contributed by atoms with Gasteiger partial charge in [-0.05, 0) is 48.9 Å². The van der Waals surface area contributed by atoms with Crippen LogP contribution in [-0.2, 0) is 9.47 Å². The van der Waals surface area contributed by atoms with E-state index in [4.69, 9.17) is 9.47 Å². The number of aliphatic hydroxyl groups excluding tert-OH is 1. The first kappa shape index (κ1) is 20.1. The molecule has 4 nitrogen and oxygen atoms in total. The van der Waals surface area contributed by atoms with Gasteiger partial charge in [0, 0.05) is 19.3 Å². The lowest BCUT2D eigenvalue weighted by Crippen LogP contribution is -2.28. The van der Waals surface area contributed by atoms with Crippen molar-refractivity contribution in [2.24, 2.45) is 29.6 Å². The fourth-order valence-electron chi connectivity index (χ4n) is 3.88. The number of hydrogen-bond acceptors (Lipinski definition) is 4. The highest BCUT2D eigenvalue weighted by Gasteiger charge is 2.49. The lowest BCUT2D eigenvalue weighted by atomic mass is 9.96. The van der Waals surface area contributed by atoms with Gasteiger partial charge >= 0.3 is 6.16 Å². The minimum Gasteiger partial charge on any atom is -0.434 e. The zero-order valence-corrected chi connectivity index (χ0v) is 16.2. The molecular weight excluding hydrogens is 316 g/mol. The highest BCUT2D eigenvalue weighted by atomic mass is 16.7. The zero-order valence-electron chi connectivity index (χ0n) is 16.2. The molecule has 1 N–H and O–H groups in total. The Morgan fingerprint density at radius 1 is 1.08 bits per heavy atom. The highest BCUT2D eigenvalue weighted by Crippen LogP contribution is 2.52. The summed E-state index contributed by atoms with van der Waals surface area (Å²) in [6.45, 7) is 8.58. The monoisotopic (exact) mass is 350 g/mol. The van der Waals surface area contributed by atoms with E-state index < -0.39 is 12.3 Å². The van der Waals surface area contributed by atoms with E-state index >= 15 is 0 Å². The molecule has 0 spiro atoms. The molecule has 0 bridgehead atoms. The van der Waals surface area contributed by atoms with Gasteiger partial charge in [-0.3, -0.25) is 0 Å². The average Bonchev–Trinajstić information content (AvgIpc) is 3.13. The maximum atomic E-state index is 12.1. The van der Waals surface area contributed by atoms with Gasteiger partial charge in [0.2, 0.25) is 0 Å². The maximum Gasteiger partial charge on any atom is 0.508 e. The summed E-state index contributed by atoms with van der Waals surface area (Å²) >= 11 is 0. The number of rotatable bonds is 8. The molecule has 0 aromatic carbocycles. The average molecular weight is 350 g/mol. The summed E-state index contributed by atoms with van der Waals surface area (Å²) < 4.78 is 10.9. The van der Waals surface area contributed by atoms with Gasteiger partial charge in [0.05, 0.1) is 12.7 Å². The molecule has 142 valence electrons. The summed E-state index contributed by atoms with van der Waals surface area (Å²) in [5, 5.41) is 10.1. The summed E-state index contributed by atoms with van der Waals surface area (Å²) in [6.07, 6.45) is 4.05. The molecule has 0 aliphatic heterocycles. The van der Waals surface area contributed by atoms with Crippen LogP contribution in [0.5, 0.6) is 0 Å². The topological polar surface area (TPSA) is 55.8 Å². The Hall–Kier alpha value is -1.21. The van der Waals surface area contributed by atoms with Crippen LogP contribution in [0.1, 0.15) is 66.2 Å². The van der Waals surface area contributed by atoms with Gasteiger partial charge in [-0.25, -0.2) is 4.79 Å². The van der Waals surface area contributed by atoms with Crippen LogP contribution in [0.25, 0.3) is 0 Å². The van der Waals surface area contributed by atoms with E-state index in [1.807, 2.05) is 13.8 Å². The van der Waals surface area contributed by atoms with Gasteiger partial charge in [-0.1, -0.05) is 27.7 Å². The first-order valence-electron chi connectivity index (χ1n) is 9.85. The van der Waals surface area contributed by atoms with E-state index in [1.54, 1.807) is 0 Å². The Bertz CT molecular complexity index is 470. The molecule has 4 heteroatoms. The van der Waals surface area contributed by atoms with Crippen molar-refractivity contribution in [2.75, 3.05) is 6.61 Å². The van der Waals surface area contributed by atoms with Crippen molar-refractivity contribution in [1.29, 1.82) is 0 Å². The largest absolute Gasteiger partial charge is 0.508 e. The van der Waals surface area contributed by atoms with E-state index in [9.17, 15) is 9.90 Å². The predicted octanol–water partition coefficient (Wildman–Crippen LogP) is 4.40. The van der Waals surface area contributed by atoms with E-state index in [-0.39, 0.29) is 12.0 Å².